The zero-order chi connectivity index (χ0) is 11.5. The van der Waals surface area contributed by atoms with Gasteiger partial charge in [0.1, 0.15) is 0 Å². The molecular weight excluding hydrogens is 352 g/mol. The smallest absolute Gasteiger partial charge is 0.169 e. The first kappa shape index (κ1) is 12.0. The molecule has 0 N–H and O–H groups in total. The maximum Gasteiger partial charge on any atom is 0.169 e. The van der Waals surface area contributed by atoms with Crippen LogP contribution in [0.3, 0.4) is 0 Å². The summed E-state index contributed by atoms with van der Waals surface area (Å²) in [4.78, 5) is 13.1. The molecule has 16 heavy (non-hydrogen) atoms. The van der Waals surface area contributed by atoms with Crippen LogP contribution in [0.5, 0.6) is 0 Å². The molecule has 0 aliphatic heterocycles. The van der Waals surface area contributed by atoms with Crippen LogP contribution in [0.25, 0.3) is 0 Å². The zero-order valence-corrected chi connectivity index (χ0v) is 12.2. The maximum absolute atomic E-state index is 12.0. The molecule has 1 aromatic carbocycles. The Hall–Kier alpha value is -0.450. The van der Waals surface area contributed by atoms with Crippen LogP contribution in [0.1, 0.15) is 15.2 Å². The van der Waals surface area contributed by atoms with Crippen molar-refractivity contribution in [2.45, 2.75) is 6.42 Å². The van der Waals surface area contributed by atoms with Crippen LogP contribution >= 0.6 is 43.2 Å². The minimum Gasteiger partial charge on any atom is -0.294 e. The van der Waals surface area contributed by atoms with Gasteiger partial charge in [0.2, 0.25) is 0 Å². The predicted molar refractivity (Wildman–Crippen MR) is 74.2 cm³/mol. The number of ketones is 1. The topological polar surface area (TPSA) is 17.1 Å². The number of hydrogen-bond acceptors (Lipinski definition) is 2. The van der Waals surface area contributed by atoms with Crippen LogP contribution in [0.4, 0.5) is 0 Å². The highest BCUT2D eigenvalue weighted by atomic mass is 79.9. The summed E-state index contributed by atoms with van der Waals surface area (Å²) in [6.07, 6.45) is 0.470. The van der Waals surface area contributed by atoms with E-state index >= 15 is 0 Å². The third kappa shape index (κ3) is 2.81. The van der Waals surface area contributed by atoms with Crippen molar-refractivity contribution in [1.82, 2.24) is 0 Å². The number of carbonyl (C=O) groups excluding carboxylic acids is 1. The van der Waals surface area contributed by atoms with E-state index in [0.717, 1.165) is 19.4 Å². The van der Waals surface area contributed by atoms with Crippen molar-refractivity contribution >= 4 is 49.0 Å². The number of rotatable bonds is 3. The van der Waals surface area contributed by atoms with Crippen molar-refractivity contribution in [2.24, 2.45) is 0 Å². The summed E-state index contributed by atoms with van der Waals surface area (Å²) in [5.41, 5.74) is 0.733. The van der Waals surface area contributed by atoms with Crippen LogP contribution in [0.15, 0.2) is 44.7 Å². The second-order valence-electron chi connectivity index (χ2n) is 3.30. The van der Waals surface area contributed by atoms with Gasteiger partial charge in [-0.15, -0.1) is 11.3 Å². The van der Waals surface area contributed by atoms with E-state index in [-0.39, 0.29) is 5.78 Å². The molecule has 1 nitrogen and oxygen atoms in total. The number of carbonyl (C=O) groups is 1. The molecule has 82 valence electrons. The third-order valence-electron chi connectivity index (χ3n) is 2.15. The van der Waals surface area contributed by atoms with E-state index in [1.165, 1.54) is 0 Å². The van der Waals surface area contributed by atoms with Crippen LogP contribution in [0, 0.1) is 0 Å². The number of benzene rings is 1. The van der Waals surface area contributed by atoms with Crippen LogP contribution in [0.2, 0.25) is 0 Å². The molecule has 0 saturated heterocycles. The quantitative estimate of drug-likeness (QED) is 0.726. The van der Waals surface area contributed by atoms with Crippen LogP contribution < -0.4 is 0 Å². The monoisotopic (exact) mass is 358 g/mol. The van der Waals surface area contributed by atoms with Crippen LogP contribution in [-0.2, 0) is 6.42 Å². The number of hydrogen-bond donors (Lipinski definition) is 0. The molecule has 2 aromatic rings. The van der Waals surface area contributed by atoms with Crippen molar-refractivity contribution in [3.8, 4) is 0 Å². The van der Waals surface area contributed by atoms with E-state index in [2.05, 4.69) is 31.9 Å². The minimum atomic E-state index is 0.141. The molecular formula is C12H8Br2OS. The Balaban J connectivity index is 2.21. The highest BCUT2D eigenvalue weighted by molar-refractivity contribution is 9.11. The van der Waals surface area contributed by atoms with Gasteiger partial charge in [-0.05, 0) is 29.6 Å². The number of halogens is 2. The fourth-order valence-corrected chi connectivity index (χ4v) is 3.35. The average Bonchev–Trinajstić information content (AvgIpc) is 2.70. The Bertz CT molecular complexity index is 506. The lowest BCUT2D eigenvalue weighted by molar-refractivity contribution is 0.0993. The first-order valence-corrected chi connectivity index (χ1v) is 7.14. The Morgan fingerprint density at radius 1 is 1.25 bits per heavy atom. The van der Waals surface area contributed by atoms with E-state index in [9.17, 15) is 4.79 Å². The Kier molecular flexibility index (Phi) is 3.95. The van der Waals surface area contributed by atoms with Crippen molar-refractivity contribution in [2.75, 3.05) is 0 Å². The molecule has 0 unspecified atom stereocenters. The Labute approximate surface area is 115 Å². The SMILES string of the molecule is O=C(Cc1cccs1)c1ccc(Br)cc1Br. The normalized spacial score (nSPS) is 10.4. The molecule has 0 amide bonds. The maximum atomic E-state index is 12.0. The highest BCUT2D eigenvalue weighted by Crippen LogP contribution is 2.23. The molecule has 0 spiro atoms. The molecule has 2 rings (SSSR count). The summed E-state index contributed by atoms with van der Waals surface area (Å²) in [6.45, 7) is 0. The first-order chi connectivity index (χ1) is 7.66. The van der Waals surface area contributed by atoms with Crippen molar-refractivity contribution in [3.63, 3.8) is 0 Å². The second kappa shape index (κ2) is 5.25. The van der Waals surface area contributed by atoms with Gasteiger partial charge in [0.25, 0.3) is 0 Å². The summed E-state index contributed by atoms with van der Waals surface area (Å²) >= 11 is 8.38. The lowest BCUT2D eigenvalue weighted by Crippen LogP contribution is -2.03. The van der Waals surface area contributed by atoms with E-state index in [1.54, 1.807) is 11.3 Å². The van der Waals surface area contributed by atoms with Crippen molar-refractivity contribution in [3.05, 3.63) is 55.1 Å². The fraction of sp³-hybridized carbons (Fsp3) is 0.0833. The molecule has 0 aliphatic rings. The van der Waals surface area contributed by atoms with Gasteiger partial charge in [-0.25, -0.2) is 0 Å². The van der Waals surface area contributed by atoms with Gasteiger partial charge in [-0.2, -0.15) is 0 Å². The van der Waals surface area contributed by atoms with Crippen molar-refractivity contribution in [1.29, 1.82) is 0 Å². The fourth-order valence-electron chi connectivity index (χ4n) is 1.38. The number of thiophene rings is 1. The van der Waals surface area contributed by atoms with Gasteiger partial charge in [-0.3, -0.25) is 4.79 Å². The van der Waals surface area contributed by atoms with E-state index in [4.69, 9.17) is 0 Å². The largest absolute Gasteiger partial charge is 0.294 e. The molecule has 4 heteroatoms. The molecule has 0 radical (unpaired) electrons. The summed E-state index contributed by atoms with van der Waals surface area (Å²) < 4.78 is 1.80. The molecule has 0 atom stereocenters. The number of Topliss-reactive ketones (excluding diaryl/α,β-unsaturated/α-hetero) is 1. The van der Waals surface area contributed by atoms with Gasteiger partial charge in [-0.1, -0.05) is 37.9 Å². The van der Waals surface area contributed by atoms with Crippen molar-refractivity contribution < 1.29 is 4.79 Å². The zero-order valence-electron chi connectivity index (χ0n) is 8.24. The van der Waals surface area contributed by atoms with Gasteiger partial charge in [0.15, 0.2) is 5.78 Å². The van der Waals surface area contributed by atoms with E-state index in [1.807, 2.05) is 35.7 Å². The summed E-state index contributed by atoms with van der Waals surface area (Å²) in [7, 11) is 0. The summed E-state index contributed by atoms with van der Waals surface area (Å²) in [5, 5.41) is 1.99. The van der Waals surface area contributed by atoms with Gasteiger partial charge < -0.3 is 0 Å². The predicted octanol–water partition coefficient (Wildman–Crippen LogP) is 4.70. The average molecular weight is 360 g/mol. The van der Waals surface area contributed by atoms with E-state index < -0.39 is 0 Å². The minimum absolute atomic E-state index is 0.141. The van der Waals surface area contributed by atoms with Crippen LogP contribution in [-0.4, -0.2) is 5.78 Å². The van der Waals surface area contributed by atoms with Gasteiger partial charge in [0.05, 0.1) is 0 Å². The molecule has 0 aliphatic carbocycles. The molecule has 0 saturated carbocycles. The standard InChI is InChI=1S/C12H8Br2OS/c13-8-3-4-10(11(14)6-8)12(15)7-9-2-1-5-16-9/h1-6H,7H2. The third-order valence-corrected chi connectivity index (χ3v) is 4.17. The molecule has 0 fully saturated rings. The van der Waals surface area contributed by atoms with Gasteiger partial charge >= 0.3 is 0 Å². The Morgan fingerprint density at radius 2 is 2.06 bits per heavy atom. The lowest BCUT2D eigenvalue weighted by Gasteiger charge is -2.03. The lowest BCUT2D eigenvalue weighted by atomic mass is 10.1. The van der Waals surface area contributed by atoms with Gasteiger partial charge in [0, 0.05) is 25.8 Å². The first-order valence-electron chi connectivity index (χ1n) is 4.67. The summed E-state index contributed by atoms with van der Waals surface area (Å²) in [5.74, 6) is 0.141. The molecule has 1 heterocycles. The molecule has 0 bridgehead atoms. The molecule has 1 aromatic heterocycles. The van der Waals surface area contributed by atoms with E-state index in [0.29, 0.717) is 6.42 Å². The Morgan fingerprint density at radius 3 is 2.69 bits per heavy atom. The second-order valence-corrected chi connectivity index (χ2v) is 6.11. The summed E-state index contributed by atoms with van der Waals surface area (Å²) in [6, 6.07) is 9.55. The highest BCUT2D eigenvalue weighted by Gasteiger charge is 2.11.